The molecule has 0 saturated heterocycles. The van der Waals surface area contributed by atoms with Crippen LogP contribution in [0.2, 0.25) is 5.02 Å². The topological polar surface area (TPSA) is 34.0 Å². The van der Waals surface area contributed by atoms with E-state index in [1.54, 1.807) is 6.07 Å². The Morgan fingerprint density at radius 2 is 1.89 bits per heavy atom. The first kappa shape index (κ1) is 13.7. The Balaban J connectivity index is 2.30. The molecule has 0 unspecified atom stereocenters. The molecule has 2 aromatic rings. The summed E-state index contributed by atoms with van der Waals surface area (Å²) < 4.78 is 2.00. The highest BCUT2D eigenvalue weighted by Gasteiger charge is 2.14. The molecule has 0 saturated carbocycles. The number of aryl methyl sites for hydroxylation is 2. The Morgan fingerprint density at radius 1 is 1.21 bits per heavy atom. The molecule has 0 atom stereocenters. The lowest BCUT2D eigenvalue weighted by Crippen LogP contribution is -2.13. The predicted molar refractivity (Wildman–Crippen MR) is 79.0 cm³/mol. The van der Waals surface area contributed by atoms with Gasteiger partial charge in [-0.1, -0.05) is 17.7 Å². The zero-order valence-corrected chi connectivity index (χ0v) is 12.3. The fourth-order valence-corrected chi connectivity index (χ4v) is 2.18. The molecule has 3 nitrogen and oxygen atoms in total. The maximum absolute atomic E-state index is 12.3. The fraction of sp³-hybridized carbons (Fsp3) is 0.267. The van der Waals surface area contributed by atoms with Crippen LogP contribution in [0.3, 0.4) is 0 Å². The van der Waals surface area contributed by atoms with E-state index in [4.69, 9.17) is 11.6 Å². The van der Waals surface area contributed by atoms with E-state index >= 15 is 0 Å². The molecule has 2 rings (SSSR count). The van der Waals surface area contributed by atoms with Gasteiger partial charge in [0.15, 0.2) is 0 Å². The third-order valence-electron chi connectivity index (χ3n) is 3.47. The van der Waals surface area contributed by atoms with Gasteiger partial charge in [-0.05, 0) is 44.5 Å². The molecular formula is C15H17ClN2O. The lowest BCUT2D eigenvalue weighted by molar-refractivity contribution is 0.102. The lowest BCUT2D eigenvalue weighted by atomic mass is 10.1. The third kappa shape index (κ3) is 2.66. The summed E-state index contributed by atoms with van der Waals surface area (Å²) in [6.45, 7) is 5.86. The molecule has 1 heterocycles. The second-order valence-corrected chi connectivity index (χ2v) is 5.19. The molecule has 19 heavy (non-hydrogen) atoms. The van der Waals surface area contributed by atoms with Gasteiger partial charge in [0, 0.05) is 29.1 Å². The smallest absolute Gasteiger partial charge is 0.257 e. The molecule has 100 valence electrons. The molecule has 0 spiro atoms. The number of rotatable bonds is 2. The van der Waals surface area contributed by atoms with Gasteiger partial charge in [0.2, 0.25) is 0 Å². The Labute approximate surface area is 118 Å². The van der Waals surface area contributed by atoms with Crippen molar-refractivity contribution in [2.45, 2.75) is 20.8 Å². The van der Waals surface area contributed by atoms with Crippen LogP contribution >= 0.6 is 11.6 Å². The van der Waals surface area contributed by atoms with Crippen molar-refractivity contribution in [2.24, 2.45) is 7.05 Å². The largest absolute Gasteiger partial charge is 0.351 e. The zero-order valence-electron chi connectivity index (χ0n) is 11.5. The van der Waals surface area contributed by atoms with E-state index in [0.717, 1.165) is 22.6 Å². The number of hydrogen-bond donors (Lipinski definition) is 1. The van der Waals surface area contributed by atoms with Crippen molar-refractivity contribution >= 4 is 23.2 Å². The van der Waals surface area contributed by atoms with E-state index < -0.39 is 0 Å². The predicted octanol–water partition coefficient (Wildman–Crippen LogP) is 3.86. The van der Waals surface area contributed by atoms with Crippen LogP contribution in [0.1, 0.15) is 27.3 Å². The number of nitrogens with one attached hydrogen (secondary N) is 1. The molecule has 1 aromatic heterocycles. The molecule has 0 bridgehead atoms. The van der Waals surface area contributed by atoms with Crippen molar-refractivity contribution in [1.82, 2.24) is 4.57 Å². The number of carbonyl (C=O) groups is 1. The number of halogens is 1. The van der Waals surface area contributed by atoms with Crippen molar-refractivity contribution in [1.29, 1.82) is 0 Å². The molecule has 4 heteroatoms. The SMILES string of the molecule is Cc1ccc(Cl)cc1NC(=O)c1cc(C)n(C)c1C. The van der Waals surface area contributed by atoms with Crippen molar-refractivity contribution < 1.29 is 4.79 Å². The van der Waals surface area contributed by atoms with Crippen molar-refractivity contribution in [3.63, 3.8) is 0 Å². The summed E-state index contributed by atoms with van der Waals surface area (Å²) in [6, 6.07) is 7.36. The summed E-state index contributed by atoms with van der Waals surface area (Å²) in [6.07, 6.45) is 0. The number of aromatic nitrogens is 1. The van der Waals surface area contributed by atoms with E-state index in [9.17, 15) is 4.79 Å². The number of hydrogen-bond acceptors (Lipinski definition) is 1. The van der Waals surface area contributed by atoms with Gasteiger partial charge in [0.05, 0.1) is 5.56 Å². The van der Waals surface area contributed by atoms with Gasteiger partial charge >= 0.3 is 0 Å². The highest BCUT2D eigenvalue weighted by atomic mass is 35.5. The second kappa shape index (κ2) is 5.10. The fourth-order valence-electron chi connectivity index (χ4n) is 2.00. The lowest BCUT2D eigenvalue weighted by Gasteiger charge is -2.09. The van der Waals surface area contributed by atoms with Crippen LogP contribution < -0.4 is 5.32 Å². The first-order chi connectivity index (χ1) is 8.90. The Bertz CT molecular complexity index is 644. The van der Waals surface area contributed by atoms with E-state index in [2.05, 4.69) is 5.32 Å². The molecule has 0 aliphatic carbocycles. The molecule has 0 aliphatic rings. The van der Waals surface area contributed by atoms with Crippen LogP contribution in [0.4, 0.5) is 5.69 Å². The minimum absolute atomic E-state index is 0.105. The van der Waals surface area contributed by atoms with Crippen molar-refractivity contribution in [3.8, 4) is 0 Å². The first-order valence-corrected chi connectivity index (χ1v) is 6.48. The first-order valence-electron chi connectivity index (χ1n) is 6.10. The number of nitrogens with zero attached hydrogens (tertiary/aromatic N) is 1. The summed E-state index contributed by atoms with van der Waals surface area (Å²) in [5.74, 6) is -0.105. The highest BCUT2D eigenvalue weighted by molar-refractivity contribution is 6.31. The van der Waals surface area contributed by atoms with Gasteiger partial charge in [-0.3, -0.25) is 4.79 Å². The van der Waals surface area contributed by atoms with Gasteiger partial charge in [0.25, 0.3) is 5.91 Å². The van der Waals surface area contributed by atoms with E-state index in [0.29, 0.717) is 10.6 Å². The Kier molecular flexibility index (Phi) is 3.67. The van der Waals surface area contributed by atoms with Gasteiger partial charge in [-0.25, -0.2) is 0 Å². The van der Waals surface area contributed by atoms with Crippen molar-refractivity contribution in [3.05, 3.63) is 51.8 Å². The van der Waals surface area contributed by atoms with Crippen LogP contribution in [-0.4, -0.2) is 10.5 Å². The van der Waals surface area contributed by atoms with E-state index in [1.807, 2.05) is 50.6 Å². The van der Waals surface area contributed by atoms with E-state index in [1.165, 1.54) is 0 Å². The standard InChI is InChI=1S/C15H17ClN2O/c1-9-5-6-12(16)8-14(9)17-15(19)13-7-10(2)18(4)11(13)3/h5-8H,1-4H3,(H,17,19). The monoisotopic (exact) mass is 276 g/mol. The van der Waals surface area contributed by atoms with Gasteiger partial charge < -0.3 is 9.88 Å². The summed E-state index contributed by atoms with van der Waals surface area (Å²) in [4.78, 5) is 12.3. The number of carbonyl (C=O) groups excluding carboxylic acids is 1. The summed E-state index contributed by atoms with van der Waals surface area (Å²) in [5.41, 5.74) is 4.45. The molecule has 1 N–H and O–H groups in total. The van der Waals surface area contributed by atoms with Crippen LogP contribution in [0.15, 0.2) is 24.3 Å². The highest BCUT2D eigenvalue weighted by Crippen LogP contribution is 2.22. The van der Waals surface area contributed by atoms with Gasteiger partial charge in [0.1, 0.15) is 0 Å². The Morgan fingerprint density at radius 3 is 2.47 bits per heavy atom. The minimum Gasteiger partial charge on any atom is -0.351 e. The zero-order chi connectivity index (χ0) is 14.2. The number of amides is 1. The maximum atomic E-state index is 12.3. The minimum atomic E-state index is -0.105. The molecular weight excluding hydrogens is 260 g/mol. The van der Waals surface area contributed by atoms with Gasteiger partial charge in [-0.15, -0.1) is 0 Å². The average molecular weight is 277 g/mol. The Hall–Kier alpha value is -1.74. The molecule has 0 fully saturated rings. The van der Waals surface area contributed by atoms with E-state index in [-0.39, 0.29) is 5.91 Å². The average Bonchev–Trinajstić information content (AvgIpc) is 2.62. The second-order valence-electron chi connectivity index (χ2n) is 4.76. The normalized spacial score (nSPS) is 10.6. The summed E-state index contributed by atoms with van der Waals surface area (Å²) in [5, 5.41) is 3.52. The number of anilines is 1. The van der Waals surface area contributed by atoms with Crippen LogP contribution in [0.5, 0.6) is 0 Å². The van der Waals surface area contributed by atoms with Crippen molar-refractivity contribution in [2.75, 3.05) is 5.32 Å². The molecule has 0 aliphatic heterocycles. The number of benzene rings is 1. The van der Waals surface area contributed by atoms with Crippen LogP contribution in [0, 0.1) is 20.8 Å². The maximum Gasteiger partial charge on any atom is 0.257 e. The molecule has 0 radical (unpaired) electrons. The van der Waals surface area contributed by atoms with Crippen LogP contribution in [-0.2, 0) is 7.05 Å². The summed E-state index contributed by atoms with van der Waals surface area (Å²) >= 11 is 5.95. The van der Waals surface area contributed by atoms with Crippen LogP contribution in [0.25, 0.3) is 0 Å². The molecule has 1 amide bonds. The quantitative estimate of drug-likeness (QED) is 0.888. The third-order valence-corrected chi connectivity index (χ3v) is 3.70. The molecule has 1 aromatic carbocycles. The summed E-state index contributed by atoms with van der Waals surface area (Å²) in [7, 11) is 1.95. The van der Waals surface area contributed by atoms with Gasteiger partial charge in [-0.2, -0.15) is 0 Å².